The number of nitrogen functional groups attached to an aromatic ring is 1. The summed E-state index contributed by atoms with van der Waals surface area (Å²) in [4.78, 5) is 22.3. The molecule has 0 bridgehead atoms. The van der Waals surface area contributed by atoms with E-state index in [2.05, 4.69) is 25.9 Å². The highest BCUT2D eigenvalue weighted by Gasteiger charge is 2.31. The van der Waals surface area contributed by atoms with Crippen LogP contribution in [0.4, 0.5) is 11.8 Å². The molecular weight excluding hydrogens is 308 g/mol. The summed E-state index contributed by atoms with van der Waals surface area (Å²) >= 11 is 3.43. The molecule has 2 heterocycles. The van der Waals surface area contributed by atoms with Crippen molar-refractivity contribution in [1.29, 1.82) is 0 Å². The topological polar surface area (TPSA) is 72.1 Å². The highest BCUT2D eigenvalue weighted by atomic mass is 79.9. The maximum Gasteiger partial charge on any atom is 0.228 e. The molecular formula is C13H13BrN4O. The van der Waals surface area contributed by atoms with Gasteiger partial charge in [0, 0.05) is 23.7 Å². The SMILES string of the molecule is Nc1nc(N2CC(CBr)CC2=O)c2ccccc2n1. The van der Waals surface area contributed by atoms with Crippen LogP contribution in [0.3, 0.4) is 0 Å². The number of fused-ring (bicyclic) bond motifs is 1. The minimum Gasteiger partial charge on any atom is -0.368 e. The van der Waals surface area contributed by atoms with Gasteiger partial charge >= 0.3 is 0 Å². The molecule has 1 saturated heterocycles. The fourth-order valence-corrected chi connectivity index (χ4v) is 2.81. The van der Waals surface area contributed by atoms with Gasteiger partial charge in [-0.15, -0.1) is 0 Å². The van der Waals surface area contributed by atoms with E-state index >= 15 is 0 Å². The average Bonchev–Trinajstić information content (AvgIpc) is 2.79. The normalized spacial score (nSPS) is 19.3. The van der Waals surface area contributed by atoms with Crippen molar-refractivity contribution in [3.63, 3.8) is 0 Å². The lowest BCUT2D eigenvalue weighted by atomic mass is 10.2. The number of halogens is 1. The summed E-state index contributed by atoms with van der Waals surface area (Å²) in [5.41, 5.74) is 6.50. The molecule has 2 aromatic rings. The number of carbonyl (C=O) groups is 1. The maximum absolute atomic E-state index is 12.1. The Morgan fingerprint density at radius 1 is 1.37 bits per heavy atom. The van der Waals surface area contributed by atoms with Gasteiger partial charge in [-0.1, -0.05) is 28.1 Å². The van der Waals surface area contributed by atoms with Crippen molar-refractivity contribution < 1.29 is 4.79 Å². The number of alkyl halides is 1. The summed E-state index contributed by atoms with van der Waals surface area (Å²) in [6.45, 7) is 0.671. The Bertz CT molecular complexity index is 646. The smallest absolute Gasteiger partial charge is 0.228 e. The van der Waals surface area contributed by atoms with Crippen LogP contribution in [0.25, 0.3) is 10.9 Å². The number of benzene rings is 1. The van der Waals surface area contributed by atoms with E-state index in [1.54, 1.807) is 4.90 Å². The van der Waals surface area contributed by atoms with Crippen LogP contribution in [-0.4, -0.2) is 27.7 Å². The van der Waals surface area contributed by atoms with E-state index in [9.17, 15) is 4.79 Å². The summed E-state index contributed by atoms with van der Waals surface area (Å²) in [6.07, 6.45) is 0.545. The molecule has 0 aliphatic carbocycles. The summed E-state index contributed by atoms with van der Waals surface area (Å²) in [5, 5.41) is 1.67. The standard InChI is InChI=1S/C13H13BrN4O/c14-6-8-5-11(19)18(7-8)12-9-3-1-2-4-10(9)16-13(15)17-12/h1-4,8H,5-7H2,(H2,15,16,17). The van der Waals surface area contributed by atoms with Gasteiger partial charge in [0.05, 0.1) is 5.52 Å². The van der Waals surface area contributed by atoms with Crippen molar-refractivity contribution in [2.24, 2.45) is 5.92 Å². The van der Waals surface area contributed by atoms with Gasteiger partial charge in [-0.05, 0) is 18.1 Å². The van der Waals surface area contributed by atoms with Crippen molar-refractivity contribution in [1.82, 2.24) is 9.97 Å². The number of rotatable bonds is 2. The molecule has 1 aromatic carbocycles. The summed E-state index contributed by atoms with van der Waals surface area (Å²) in [5.74, 6) is 1.23. The number of nitrogens with zero attached hydrogens (tertiary/aromatic N) is 3. The quantitative estimate of drug-likeness (QED) is 0.858. The first-order chi connectivity index (χ1) is 9.19. The molecule has 1 unspecified atom stereocenters. The Labute approximate surface area is 119 Å². The van der Waals surface area contributed by atoms with Crippen LogP contribution >= 0.6 is 15.9 Å². The second-order valence-electron chi connectivity index (χ2n) is 4.65. The molecule has 3 rings (SSSR count). The van der Waals surface area contributed by atoms with Gasteiger partial charge in [0.15, 0.2) is 0 Å². The second-order valence-corrected chi connectivity index (χ2v) is 5.30. The molecule has 5 nitrogen and oxygen atoms in total. The summed E-state index contributed by atoms with van der Waals surface area (Å²) in [6, 6.07) is 7.60. The van der Waals surface area contributed by atoms with E-state index < -0.39 is 0 Å². The zero-order valence-corrected chi connectivity index (χ0v) is 11.8. The van der Waals surface area contributed by atoms with Crippen LogP contribution in [0.15, 0.2) is 24.3 Å². The summed E-state index contributed by atoms with van der Waals surface area (Å²) < 4.78 is 0. The van der Waals surface area contributed by atoms with Crippen LogP contribution in [0.2, 0.25) is 0 Å². The van der Waals surface area contributed by atoms with E-state index in [1.165, 1.54) is 0 Å². The molecule has 0 spiro atoms. The predicted molar refractivity (Wildman–Crippen MR) is 78.2 cm³/mol. The first-order valence-corrected chi connectivity index (χ1v) is 7.20. The minimum absolute atomic E-state index is 0.0905. The van der Waals surface area contributed by atoms with Crippen molar-refractivity contribution >= 4 is 44.5 Å². The van der Waals surface area contributed by atoms with Gasteiger partial charge in [0.1, 0.15) is 5.82 Å². The fraction of sp³-hybridized carbons (Fsp3) is 0.308. The number of hydrogen-bond acceptors (Lipinski definition) is 4. The van der Waals surface area contributed by atoms with Gasteiger partial charge in [-0.2, -0.15) is 4.98 Å². The fourth-order valence-electron chi connectivity index (χ4n) is 2.37. The first kappa shape index (κ1) is 12.3. The van der Waals surface area contributed by atoms with Gasteiger partial charge in [0.2, 0.25) is 11.9 Å². The number of para-hydroxylation sites is 1. The van der Waals surface area contributed by atoms with Gasteiger partial charge in [-0.3, -0.25) is 9.69 Å². The van der Waals surface area contributed by atoms with Gasteiger partial charge in [0.25, 0.3) is 0 Å². The third-order valence-electron chi connectivity index (χ3n) is 3.28. The van der Waals surface area contributed by atoms with E-state index in [-0.39, 0.29) is 11.9 Å². The highest BCUT2D eigenvalue weighted by molar-refractivity contribution is 9.09. The van der Waals surface area contributed by atoms with Gasteiger partial charge < -0.3 is 5.73 Å². The molecule has 1 aliphatic heterocycles. The zero-order chi connectivity index (χ0) is 13.4. The Hall–Kier alpha value is -1.69. The van der Waals surface area contributed by atoms with Crippen LogP contribution in [0.5, 0.6) is 0 Å². The average molecular weight is 321 g/mol. The Kier molecular flexibility index (Phi) is 3.10. The Morgan fingerprint density at radius 3 is 2.89 bits per heavy atom. The molecule has 6 heteroatoms. The molecule has 0 radical (unpaired) electrons. The van der Waals surface area contributed by atoms with Gasteiger partial charge in [-0.25, -0.2) is 4.98 Å². The van der Waals surface area contributed by atoms with E-state index in [0.29, 0.717) is 24.7 Å². The van der Waals surface area contributed by atoms with E-state index in [0.717, 1.165) is 16.2 Å². The maximum atomic E-state index is 12.1. The molecule has 1 atom stereocenters. The number of hydrogen-bond donors (Lipinski definition) is 1. The molecule has 1 aliphatic rings. The lowest BCUT2D eigenvalue weighted by molar-refractivity contribution is -0.117. The highest BCUT2D eigenvalue weighted by Crippen LogP contribution is 2.30. The van der Waals surface area contributed by atoms with E-state index in [4.69, 9.17) is 5.73 Å². The molecule has 19 heavy (non-hydrogen) atoms. The van der Waals surface area contributed by atoms with Crippen molar-refractivity contribution in [3.8, 4) is 0 Å². The zero-order valence-electron chi connectivity index (χ0n) is 10.2. The number of nitrogens with two attached hydrogens (primary N) is 1. The Morgan fingerprint density at radius 2 is 2.16 bits per heavy atom. The molecule has 2 N–H and O–H groups in total. The van der Waals surface area contributed by atoms with Crippen LogP contribution in [0, 0.1) is 5.92 Å². The number of amides is 1. The second kappa shape index (κ2) is 4.77. The van der Waals surface area contributed by atoms with Crippen molar-refractivity contribution in [2.45, 2.75) is 6.42 Å². The van der Waals surface area contributed by atoms with Crippen LogP contribution in [0.1, 0.15) is 6.42 Å². The lowest BCUT2D eigenvalue weighted by Crippen LogP contribution is -2.26. The number of anilines is 2. The van der Waals surface area contributed by atoms with Crippen LogP contribution in [-0.2, 0) is 4.79 Å². The summed E-state index contributed by atoms with van der Waals surface area (Å²) in [7, 11) is 0. The van der Waals surface area contributed by atoms with Crippen molar-refractivity contribution in [3.05, 3.63) is 24.3 Å². The number of carbonyl (C=O) groups excluding carboxylic acids is 1. The molecule has 0 saturated carbocycles. The van der Waals surface area contributed by atoms with Crippen LogP contribution < -0.4 is 10.6 Å². The lowest BCUT2D eigenvalue weighted by Gasteiger charge is -2.17. The first-order valence-electron chi connectivity index (χ1n) is 6.07. The minimum atomic E-state index is 0.0905. The molecule has 98 valence electrons. The molecule has 1 aromatic heterocycles. The van der Waals surface area contributed by atoms with E-state index in [1.807, 2.05) is 24.3 Å². The predicted octanol–water partition coefficient (Wildman–Crippen LogP) is 1.96. The third-order valence-corrected chi connectivity index (χ3v) is 4.20. The molecule has 1 fully saturated rings. The Balaban J connectivity index is 2.12. The number of aromatic nitrogens is 2. The monoisotopic (exact) mass is 320 g/mol. The largest absolute Gasteiger partial charge is 0.368 e. The third kappa shape index (κ3) is 2.16. The van der Waals surface area contributed by atoms with Crippen molar-refractivity contribution in [2.75, 3.05) is 22.5 Å². The molecule has 1 amide bonds.